The number of amides is 1. The van der Waals surface area contributed by atoms with E-state index in [1.165, 1.54) is 0 Å². The van der Waals surface area contributed by atoms with Crippen molar-refractivity contribution in [3.05, 3.63) is 29.8 Å². The molecular weight excluding hydrogens is 170 g/mol. The summed E-state index contributed by atoms with van der Waals surface area (Å²) in [5.41, 5.74) is 7.57. The largest absolute Gasteiger partial charge is 0.457 e. The molecule has 1 amide bonds. The number of carbonyl (C=O) groups is 1. The Hall–Kier alpha value is -1.71. The number of benzene rings is 1. The summed E-state index contributed by atoms with van der Waals surface area (Å²) < 4.78 is 9.29. The molecular formula is C9H10NO3. The van der Waals surface area contributed by atoms with Crippen molar-refractivity contribution in [1.82, 2.24) is 5.73 Å². The van der Waals surface area contributed by atoms with Crippen LogP contribution in [0.3, 0.4) is 0 Å². The Morgan fingerprint density at radius 2 is 2.00 bits per heavy atom. The molecule has 0 aromatic heterocycles. The molecule has 0 fully saturated rings. The zero-order valence-electron chi connectivity index (χ0n) is 7.24. The maximum absolute atomic E-state index is 10.1. The second kappa shape index (κ2) is 4.35. The van der Waals surface area contributed by atoms with E-state index in [4.69, 9.17) is 10.5 Å². The highest BCUT2D eigenvalue weighted by Crippen LogP contribution is 2.10. The summed E-state index contributed by atoms with van der Waals surface area (Å²) in [5, 5.41) is 0. The molecule has 0 aliphatic rings. The molecule has 1 N–H and O–H groups in total. The maximum Gasteiger partial charge on any atom is 0.429 e. The Labute approximate surface area is 76.3 Å². The fourth-order valence-electron chi connectivity index (χ4n) is 0.786. The van der Waals surface area contributed by atoms with Crippen molar-refractivity contribution in [2.75, 3.05) is 6.79 Å². The number of hydrogen-bond donors (Lipinski definition) is 0. The first-order chi connectivity index (χ1) is 6.18. The highest BCUT2D eigenvalue weighted by Gasteiger charge is 1.95. The molecule has 0 spiro atoms. The lowest BCUT2D eigenvalue weighted by Gasteiger charge is -2.04. The van der Waals surface area contributed by atoms with Crippen LogP contribution in [0.15, 0.2) is 24.3 Å². The number of ether oxygens (including phenoxy) is 2. The van der Waals surface area contributed by atoms with Gasteiger partial charge >= 0.3 is 6.09 Å². The molecule has 0 aliphatic heterocycles. The van der Waals surface area contributed by atoms with Gasteiger partial charge in [0.25, 0.3) is 0 Å². The normalized spacial score (nSPS) is 9.31. The quantitative estimate of drug-likeness (QED) is 0.666. The molecule has 0 atom stereocenters. The number of hydrogen-bond acceptors (Lipinski definition) is 3. The van der Waals surface area contributed by atoms with E-state index in [0.717, 1.165) is 5.56 Å². The Morgan fingerprint density at radius 1 is 1.38 bits per heavy atom. The fourth-order valence-corrected chi connectivity index (χ4v) is 0.786. The lowest BCUT2D eigenvalue weighted by Crippen LogP contribution is -2.08. The van der Waals surface area contributed by atoms with Crippen LogP contribution in [-0.2, 0) is 4.74 Å². The van der Waals surface area contributed by atoms with Crippen LogP contribution in [0.4, 0.5) is 4.79 Å². The number of nitrogens with one attached hydrogen (secondary N) is 1. The van der Waals surface area contributed by atoms with Gasteiger partial charge in [0.2, 0.25) is 6.79 Å². The van der Waals surface area contributed by atoms with E-state index < -0.39 is 6.09 Å². The van der Waals surface area contributed by atoms with Gasteiger partial charge < -0.3 is 9.47 Å². The van der Waals surface area contributed by atoms with Crippen LogP contribution < -0.4 is 10.5 Å². The Kier molecular flexibility index (Phi) is 3.14. The zero-order valence-corrected chi connectivity index (χ0v) is 7.24. The Balaban J connectivity index is 2.37. The minimum atomic E-state index is -1.09. The van der Waals surface area contributed by atoms with E-state index in [0.29, 0.717) is 5.75 Å². The SMILES string of the molecule is Cc1ccc(OCOC([NH])=O)cc1. The first kappa shape index (κ1) is 9.38. The monoisotopic (exact) mass is 180 g/mol. The Bertz CT molecular complexity index is 281. The van der Waals surface area contributed by atoms with Crippen molar-refractivity contribution in [2.45, 2.75) is 6.92 Å². The second-order valence-electron chi connectivity index (χ2n) is 2.51. The summed E-state index contributed by atoms with van der Waals surface area (Å²) in [6.45, 7) is 1.75. The van der Waals surface area contributed by atoms with Crippen molar-refractivity contribution >= 4 is 6.09 Å². The predicted molar refractivity (Wildman–Crippen MR) is 46.3 cm³/mol. The van der Waals surface area contributed by atoms with E-state index in [1.807, 2.05) is 19.1 Å². The topological polar surface area (TPSA) is 59.3 Å². The lowest BCUT2D eigenvalue weighted by atomic mass is 10.2. The van der Waals surface area contributed by atoms with Gasteiger partial charge in [-0.1, -0.05) is 17.7 Å². The van der Waals surface area contributed by atoms with Gasteiger partial charge in [-0.05, 0) is 19.1 Å². The predicted octanol–water partition coefficient (Wildman–Crippen LogP) is 1.75. The van der Waals surface area contributed by atoms with Crippen LogP contribution >= 0.6 is 0 Å². The van der Waals surface area contributed by atoms with E-state index in [2.05, 4.69) is 4.74 Å². The average molecular weight is 180 g/mol. The van der Waals surface area contributed by atoms with Gasteiger partial charge in [0.05, 0.1) is 0 Å². The summed E-state index contributed by atoms with van der Waals surface area (Å²) >= 11 is 0. The summed E-state index contributed by atoms with van der Waals surface area (Å²) in [6, 6.07) is 7.32. The van der Waals surface area contributed by atoms with Crippen LogP contribution in [0.1, 0.15) is 5.56 Å². The highest BCUT2D eigenvalue weighted by atomic mass is 16.7. The van der Waals surface area contributed by atoms with Gasteiger partial charge in [-0.25, -0.2) is 10.5 Å². The molecule has 1 aromatic carbocycles. The van der Waals surface area contributed by atoms with Crippen molar-refractivity contribution in [2.24, 2.45) is 0 Å². The van der Waals surface area contributed by atoms with Gasteiger partial charge in [0, 0.05) is 0 Å². The van der Waals surface area contributed by atoms with Crippen molar-refractivity contribution in [3.63, 3.8) is 0 Å². The molecule has 0 saturated heterocycles. The molecule has 0 unspecified atom stereocenters. The summed E-state index contributed by atoms with van der Waals surface area (Å²) in [7, 11) is 0. The van der Waals surface area contributed by atoms with E-state index in [1.54, 1.807) is 12.1 Å². The summed E-state index contributed by atoms with van der Waals surface area (Å²) in [5.74, 6) is 0.617. The van der Waals surface area contributed by atoms with E-state index in [-0.39, 0.29) is 6.79 Å². The van der Waals surface area contributed by atoms with Crippen LogP contribution in [-0.4, -0.2) is 12.9 Å². The fraction of sp³-hybridized carbons (Fsp3) is 0.222. The summed E-state index contributed by atoms with van der Waals surface area (Å²) in [6.07, 6.45) is -1.09. The molecule has 0 saturated carbocycles. The van der Waals surface area contributed by atoms with Gasteiger partial charge in [-0.3, -0.25) is 0 Å². The van der Waals surface area contributed by atoms with Crippen LogP contribution in [0.5, 0.6) is 5.75 Å². The first-order valence-electron chi connectivity index (χ1n) is 3.76. The third-order valence-electron chi connectivity index (χ3n) is 1.44. The standard InChI is InChI=1S/C9H10NO3/c1-7-2-4-8(5-3-7)12-6-13-9(10)11/h2-5,10H,6H2,1H3. The molecule has 1 rings (SSSR count). The molecule has 1 radical (unpaired) electrons. The molecule has 0 bridgehead atoms. The molecule has 1 aromatic rings. The van der Waals surface area contributed by atoms with Crippen LogP contribution in [0.25, 0.3) is 0 Å². The molecule has 0 aliphatic carbocycles. The van der Waals surface area contributed by atoms with Crippen LogP contribution in [0, 0.1) is 6.92 Å². The summed E-state index contributed by atoms with van der Waals surface area (Å²) in [4.78, 5) is 10.1. The number of aryl methyl sites for hydroxylation is 1. The van der Waals surface area contributed by atoms with Gasteiger partial charge in [-0.2, -0.15) is 0 Å². The molecule has 13 heavy (non-hydrogen) atoms. The smallest absolute Gasteiger partial charge is 0.429 e. The van der Waals surface area contributed by atoms with Crippen molar-refractivity contribution in [3.8, 4) is 5.75 Å². The number of carbonyl (C=O) groups excluding carboxylic acids is 1. The second-order valence-corrected chi connectivity index (χ2v) is 2.51. The minimum Gasteiger partial charge on any atom is -0.457 e. The van der Waals surface area contributed by atoms with E-state index >= 15 is 0 Å². The average Bonchev–Trinajstić information content (AvgIpc) is 2.08. The Morgan fingerprint density at radius 3 is 2.54 bits per heavy atom. The minimum absolute atomic E-state index is 0.217. The van der Waals surface area contributed by atoms with E-state index in [9.17, 15) is 4.79 Å². The zero-order chi connectivity index (χ0) is 9.68. The first-order valence-corrected chi connectivity index (χ1v) is 3.76. The van der Waals surface area contributed by atoms with Crippen molar-refractivity contribution in [1.29, 1.82) is 0 Å². The maximum atomic E-state index is 10.1. The molecule has 4 nitrogen and oxygen atoms in total. The van der Waals surface area contributed by atoms with Crippen molar-refractivity contribution < 1.29 is 14.3 Å². The molecule has 69 valence electrons. The van der Waals surface area contributed by atoms with Gasteiger partial charge in [-0.15, -0.1) is 0 Å². The third-order valence-corrected chi connectivity index (χ3v) is 1.44. The van der Waals surface area contributed by atoms with Crippen LogP contribution in [0.2, 0.25) is 0 Å². The third kappa shape index (κ3) is 3.46. The van der Waals surface area contributed by atoms with Gasteiger partial charge in [0.1, 0.15) is 5.75 Å². The number of rotatable bonds is 3. The van der Waals surface area contributed by atoms with Gasteiger partial charge in [0.15, 0.2) is 0 Å². The highest BCUT2D eigenvalue weighted by molar-refractivity contribution is 5.63. The molecule has 4 heteroatoms. The lowest BCUT2D eigenvalue weighted by molar-refractivity contribution is 0.0646. The molecule has 0 heterocycles.